The predicted molar refractivity (Wildman–Crippen MR) is 69.7 cm³/mol. The molecule has 3 rings (SSSR count). The van der Waals surface area contributed by atoms with Gasteiger partial charge in [0.25, 0.3) is 5.56 Å². The molecule has 7 nitrogen and oxygen atoms in total. The number of nitrogens with one attached hydrogen (secondary N) is 1. The minimum Gasteiger partial charge on any atom is -0.394 e. The largest absolute Gasteiger partial charge is 0.394 e. The van der Waals surface area contributed by atoms with Crippen LogP contribution in [0.3, 0.4) is 0 Å². The second-order valence-electron chi connectivity index (χ2n) is 4.84. The molecule has 1 fully saturated rings. The molecule has 1 saturated heterocycles. The van der Waals surface area contributed by atoms with Gasteiger partial charge in [-0.05, 0) is 25.3 Å². The van der Waals surface area contributed by atoms with Crippen molar-refractivity contribution in [1.82, 2.24) is 14.5 Å². The first-order valence-electron chi connectivity index (χ1n) is 6.23. The molecule has 0 saturated carbocycles. The summed E-state index contributed by atoms with van der Waals surface area (Å²) in [6.07, 6.45) is 3.06. The quantitative estimate of drug-likeness (QED) is 0.722. The number of anilines is 1. The van der Waals surface area contributed by atoms with Crippen molar-refractivity contribution < 1.29 is 9.84 Å². The van der Waals surface area contributed by atoms with Crippen LogP contribution in [0.1, 0.15) is 24.6 Å². The first-order valence-corrected chi connectivity index (χ1v) is 6.23. The third-order valence-corrected chi connectivity index (χ3v) is 3.49. The lowest BCUT2D eigenvalue weighted by Gasteiger charge is -2.14. The Morgan fingerprint density at radius 1 is 1.63 bits per heavy atom. The molecule has 2 aromatic heterocycles. The average Bonchev–Trinajstić information content (AvgIpc) is 2.93. The van der Waals surface area contributed by atoms with Crippen molar-refractivity contribution in [2.45, 2.75) is 32.1 Å². The van der Waals surface area contributed by atoms with E-state index in [0.29, 0.717) is 11.0 Å². The Kier molecular flexibility index (Phi) is 2.79. The highest BCUT2D eigenvalue weighted by atomic mass is 16.5. The first-order chi connectivity index (χ1) is 9.10. The third kappa shape index (κ3) is 1.91. The van der Waals surface area contributed by atoms with Gasteiger partial charge in [-0.3, -0.25) is 9.78 Å². The Hall–Kier alpha value is -1.86. The number of H-pyrrole nitrogens is 1. The molecule has 2 aromatic rings. The summed E-state index contributed by atoms with van der Waals surface area (Å²) in [5.74, 6) is 0.0913. The lowest BCUT2D eigenvalue weighted by atomic mass is 10.2. The summed E-state index contributed by atoms with van der Waals surface area (Å²) < 4.78 is 7.54. The van der Waals surface area contributed by atoms with Crippen molar-refractivity contribution in [1.29, 1.82) is 0 Å². The highest BCUT2D eigenvalue weighted by Crippen LogP contribution is 2.31. The van der Waals surface area contributed by atoms with E-state index in [2.05, 4.69) is 9.97 Å². The summed E-state index contributed by atoms with van der Waals surface area (Å²) in [7, 11) is 0. The van der Waals surface area contributed by atoms with Gasteiger partial charge in [0.2, 0.25) is 5.95 Å². The molecule has 1 aliphatic rings. The molecule has 4 N–H and O–H groups in total. The number of aliphatic hydroxyl groups excluding tert-OH is 1. The molecule has 7 heteroatoms. The molecule has 0 bridgehead atoms. The Bertz CT molecular complexity index is 675. The van der Waals surface area contributed by atoms with Crippen LogP contribution in [0.25, 0.3) is 11.0 Å². The zero-order valence-corrected chi connectivity index (χ0v) is 10.6. The number of ether oxygens (including phenoxy) is 1. The number of fused-ring (bicyclic) bond motifs is 1. The van der Waals surface area contributed by atoms with Crippen LogP contribution in [0.5, 0.6) is 0 Å². The van der Waals surface area contributed by atoms with Gasteiger partial charge in [-0.15, -0.1) is 0 Å². The fourth-order valence-electron chi connectivity index (χ4n) is 2.60. The van der Waals surface area contributed by atoms with Crippen molar-refractivity contribution in [3.8, 4) is 0 Å². The smallest absolute Gasteiger partial charge is 0.262 e. The van der Waals surface area contributed by atoms with Crippen molar-refractivity contribution in [2.75, 3.05) is 12.3 Å². The minimum atomic E-state index is -0.240. The maximum atomic E-state index is 11.9. The topological polar surface area (TPSA) is 106 Å². The van der Waals surface area contributed by atoms with Gasteiger partial charge in [-0.2, -0.15) is 4.98 Å². The van der Waals surface area contributed by atoms with Crippen molar-refractivity contribution in [3.05, 3.63) is 22.1 Å². The lowest BCUT2D eigenvalue weighted by Crippen LogP contribution is -2.16. The van der Waals surface area contributed by atoms with Gasteiger partial charge in [0.05, 0.1) is 18.1 Å². The number of hydrogen-bond donors (Lipinski definition) is 3. The summed E-state index contributed by atoms with van der Waals surface area (Å²) in [6.45, 7) is 1.86. The van der Waals surface area contributed by atoms with Crippen LogP contribution in [0.15, 0.2) is 11.0 Å². The second kappa shape index (κ2) is 4.36. The zero-order valence-electron chi connectivity index (χ0n) is 10.6. The highest BCUT2D eigenvalue weighted by Gasteiger charge is 2.28. The van der Waals surface area contributed by atoms with Crippen molar-refractivity contribution in [3.63, 3.8) is 0 Å². The summed E-state index contributed by atoms with van der Waals surface area (Å²) in [4.78, 5) is 18.6. The molecule has 0 radical (unpaired) electrons. The Labute approximate surface area is 109 Å². The van der Waals surface area contributed by atoms with Gasteiger partial charge in [0.1, 0.15) is 6.23 Å². The van der Waals surface area contributed by atoms with E-state index in [1.54, 1.807) is 0 Å². The minimum absolute atomic E-state index is 0.00480. The third-order valence-electron chi connectivity index (χ3n) is 3.49. The van der Waals surface area contributed by atoms with Gasteiger partial charge in [0, 0.05) is 6.20 Å². The summed E-state index contributed by atoms with van der Waals surface area (Å²) in [5, 5.41) is 9.65. The monoisotopic (exact) mass is 264 g/mol. The van der Waals surface area contributed by atoms with E-state index in [0.717, 1.165) is 18.4 Å². The second-order valence-corrected chi connectivity index (χ2v) is 4.84. The number of aromatic nitrogens is 3. The lowest BCUT2D eigenvalue weighted by molar-refractivity contribution is -0.0205. The molecule has 2 atom stereocenters. The first kappa shape index (κ1) is 12.2. The van der Waals surface area contributed by atoms with E-state index in [1.807, 2.05) is 17.7 Å². The van der Waals surface area contributed by atoms with E-state index >= 15 is 0 Å². The van der Waals surface area contributed by atoms with Crippen LogP contribution in [0.4, 0.5) is 5.95 Å². The van der Waals surface area contributed by atoms with Gasteiger partial charge >= 0.3 is 0 Å². The van der Waals surface area contributed by atoms with Crippen LogP contribution >= 0.6 is 0 Å². The Morgan fingerprint density at radius 3 is 3.11 bits per heavy atom. The average molecular weight is 264 g/mol. The number of rotatable bonds is 2. The molecule has 3 heterocycles. The summed E-state index contributed by atoms with van der Waals surface area (Å²) in [6, 6.07) is 0. The predicted octanol–water partition coefficient (Wildman–Crippen LogP) is 0.285. The van der Waals surface area contributed by atoms with Crippen LogP contribution < -0.4 is 11.3 Å². The van der Waals surface area contributed by atoms with Crippen LogP contribution in [0.2, 0.25) is 0 Å². The van der Waals surface area contributed by atoms with Gasteiger partial charge in [-0.1, -0.05) is 0 Å². The molecule has 0 aliphatic carbocycles. The molecule has 0 spiro atoms. The Balaban J connectivity index is 2.12. The molecular weight excluding hydrogens is 248 g/mol. The normalized spacial score (nSPS) is 23.3. The van der Waals surface area contributed by atoms with Crippen LogP contribution in [0, 0.1) is 6.92 Å². The fraction of sp³-hybridized carbons (Fsp3) is 0.500. The number of nitrogens with zero attached hydrogens (tertiary/aromatic N) is 2. The molecule has 0 aromatic carbocycles. The standard InChI is InChI=1S/C12H16N4O3/c1-6-4-16(8-3-2-7(5-17)19-8)10-9(6)11(18)15-12(13)14-10/h4,7-8,17H,2-3,5H2,1H3,(H3,13,14,15,18). The van der Waals surface area contributed by atoms with E-state index in [1.165, 1.54) is 0 Å². The number of aryl methyl sites for hydroxylation is 1. The van der Waals surface area contributed by atoms with Gasteiger partial charge < -0.3 is 20.1 Å². The van der Waals surface area contributed by atoms with Crippen LogP contribution in [-0.2, 0) is 4.74 Å². The van der Waals surface area contributed by atoms with E-state index in [-0.39, 0.29) is 30.4 Å². The number of aromatic amines is 1. The van der Waals surface area contributed by atoms with Gasteiger partial charge in [-0.25, -0.2) is 0 Å². The maximum absolute atomic E-state index is 11.9. The molecule has 19 heavy (non-hydrogen) atoms. The number of hydrogen-bond acceptors (Lipinski definition) is 5. The molecular formula is C12H16N4O3. The number of aliphatic hydroxyl groups is 1. The number of nitrogen functional groups attached to an aromatic ring is 1. The zero-order chi connectivity index (χ0) is 13.6. The van der Waals surface area contributed by atoms with Crippen LogP contribution in [-0.4, -0.2) is 32.4 Å². The summed E-state index contributed by atoms with van der Waals surface area (Å²) in [5.41, 5.74) is 6.72. The maximum Gasteiger partial charge on any atom is 0.262 e. The SMILES string of the molecule is Cc1cn(C2CCC(CO)O2)c2nc(N)[nH]c(=O)c12. The van der Waals surface area contributed by atoms with E-state index < -0.39 is 0 Å². The highest BCUT2D eigenvalue weighted by molar-refractivity contribution is 5.80. The molecule has 0 amide bonds. The molecule has 1 aliphatic heterocycles. The Morgan fingerprint density at radius 2 is 2.42 bits per heavy atom. The van der Waals surface area contributed by atoms with Crippen molar-refractivity contribution >= 4 is 17.0 Å². The summed E-state index contributed by atoms with van der Waals surface area (Å²) >= 11 is 0. The van der Waals surface area contributed by atoms with Crippen molar-refractivity contribution in [2.24, 2.45) is 0 Å². The van der Waals surface area contributed by atoms with E-state index in [4.69, 9.17) is 15.6 Å². The molecule has 102 valence electrons. The fourth-order valence-corrected chi connectivity index (χ4v) is 2.60. The van der Waals surface area contributed by atoms with Gasteiger partial charge in [0.15, 0.2) is 5.65 Å². The number of nitrogens with two attached hydrogens (primary N) is 1. The molecule has 2 unspecified atom stereocenters. The van der Waals surface area contributed by atoms with E-state index in [9.17, 15) is 4.79 Å².